The van der Waals surface area contributed by atoms with Gasteiger partial charge in [0.1, 0.15) is 23.6 Å². The molecule has 2 aromatic carbocycles. The molecule has 1 amide bonds. The number of carbonyl (C=O) groups is 1. The molecule has 1 N–H and O–H groups in total. The number of rotatable bonds is 3. The number of aromatic nitrogens is 2. The Hall–Kier alpha value is -3.67. The van der Waals surface area contributed by atoms with E-state index in [0.717, 1.165) is 28.6 Å². The lowest BCUT2D eigenvalue weighted by molar-refractivity contribution is -0.137. The fourth-order valence-corrected chi connectivity index (χ4v) is 5.19. The second kappa shape index (κ2) is 8.60. The Balaban J connectivity index is 1.68. The van der Waals surface area contributed by atoms with Gasteiger partial charge in [-0.15, -0.1) is 0 Å². The Bertz CT molecular complexity index is 1340. The molecule has 1 aromatic heterocycles. The second-order valence-corrected chi connectivity index (χ2v) is 9.34. The number of halogens is 3. The number of carbonyl (C=O) groups excluding carboxylic acids is 1. The van der Waals surface area contributed by atoms with E-state index < -0.39 is 27.7 Å². The monoisotopic (exact) mass is 492 g/mol. The smallest absolute Gasteiger partial charge is 0.416 e. The van der Waals surface area contributed by atoms with E-state index in [4.69, 9.17) is 4.74 Å². The summed E-state index contributed by atoms with van der Waals surface area (Å²) in [5.41, 5.74) is 0.552. The van der Waals surface area contributed by atoms with Crippen LogP contribution in [-0.4, -0.2) is 37.4 Å². The molecule has 0 atom stereocenters. The SMILES string of the molecule is Cc1ncnc(C)c1C(=O)Nc1ccc2c(c1)S(=O)(=O)N(c1ccc(C(F)(F)F)cc1)CCO2. The molecule has 12 heteroatoms. The quantitative estimate of drug-likeness (QED) is 0.594. The molecule has 0 saturated heterocycles. The lowest BCUT2D eigenvalue weighted by Gasteiger charge is -2.22. The van der Waals surface area contributed by atoms with Gasteiger partial charge in [0.25, 0.3) is 15.9 Å². The third kappa shape index (κ3) is 4.40. The minimum atomic E-state index is -4.54. The number of nitrogens with zero attached hydrogens (tertiary/aromatic N) is 3. The third-order valence-electron chi connectivity index (χ3n) is 5.26. The number of anilines is 2. The minimum absolute atomic E-state index is 0.0152. The van der Waals surface area contributed by atoms with E-state index in [2.05, 4.69) is 15.3 Å². The second-order valence-electron chi connectivity index (χ2n) is 7.51. The van der Waals surface area contributed by atoms with E-state index in [9.17, 15) is 26.4 Å². The summed E-state index contributed by atoms with van der Waals surface area (Å²) >= 11 is 0. The Morgan fingerprint density at radius 3 is 2.32 bits per heavy atom. The van der Waals surface area contributed by atoms with Crippen LogP contribution in [0.5, 0.6) is 5.75 Å². The van der Waals surface area contributed by atoms with Crippen LogP contribution in [0.15, 0.2) is 53.7 Å². The summed E-state index contributed by atoms with van der Waals surface area (Å²) in [5.74, 6) is -0.440. The summed E-state index contributed by atoms with van der Waals surface area (Å²) < 4.78 is 72.1. The highest BCUT2D eigenvalue weighted by Gasteiger charge is 2.34. The van der Waals surface area contributed by atoms with Gasteiger partial charge in [0.15, 0.2) is 0 Å². The maximum absolute atomic E-state index is 13.4. The van der Waals surface area contributed by atoms with Crippen molar-refractivity contribution in [2.24, 2.45) is 0 Å². The predicted octanol–water partition coefficient (Wildman–Crippen LogP) is 3.95. The Kier molecular flexibility index (Phi) is 5.94. The van der Waals surface area contributed by atoms with Gasteiger partial charge in [-0.3, -0.25) is 9.10 Å². The zero-order valence-corrected chi connectivity index (χ0v) is 18.9. The lowest BCUT2D eigenvalue weighted by Crippen LogP contribution is -2.32. The molecule has 0 fully saturated rings. The Labute approximate surface area is 193 Å². The van der Waals surface area contributed by atoms with Crippen molar-refractivity contribution in [1.82, 2.24) is 9.97 Å². The van der Waals surface area contributed by atoms with Gasteiger partial charge in [0.2, 0.25) is 0 Å². The number of hydrogen-bond acceptors (Lipinski definition) is 6. The van der Waals surface area contributed by atoms with Crippen LogP contribution < -0.4 is 14.4 Å². The van der Waals surface area contributed by atoms with Crippen molar-refractivity contribution in [1.29, 1.82) is 0 Å². The summed E-state index contributed by atoms with van der Waals surface area (Å²) in [6.45, 7) is 3.18. The van der Waals surface area contributed by atoms with Crippen molar-refractivity contribution < 1.29 is 31.1 Å². The molecule has 2 heterocycles. The molecule has 0 saturated carbocycles. The molecular weight excluding hydrogens is 473 g/mol. The highest BCUT2D eigenvalue weighted by molar-refractivity contribution is 7.93. The number of sulfonamides is 1. The topological polar surface area (TPSA) is 101 Å². The molecular formula is C22H19F3N4O4S. The molecule has 0 spiro atoms. The van der Waals surface area contributed by atoms with Crippen LogP contribution in [0.4, 0.5) is 24.5 Å². The molecule has 0 unspecified atom stereocenters. The van der Waals surface area contributed by atoms with Crippen molar-refractivity contribution in [2.45, 2.75) is 24.9 Å². The largest absolute Gasteiger partial charge is 0.490 e. The van der Waals surface area contributed by atoms with Crippen LogP contribution in [0.25, 0.3) is 0 Å². The van der Waals surface area contributed by atoms with Gasteiger partial charge in [0.05, 0.1) is 34.7 Å². The summed E-state index contributed by atoms with van der Waals surface area (Å²) in [6.07, 6.45) is -3.21. The van der Waals surface area contributed by atoms with Gasteiger partial charge < -0.3 is 10.1 Å². The summed E-state index contributed by atoms with van der Waals surface area (Å²) in [6, 6.07) is 7.99. The predicted molar refractivity (Wildman–Crippen MR) is 117 cm³/mol. The number of nitrogens with one attached hydrogen (secondary N) is 1. The first-order valence-electron chi connectivity index (χ1n) is 10.0. The molecule has 0 bridgehead atoms. The highest BCUT2D eigenvalue weighted by atomic mass is 32.2. The summed E-state index contributed by atoms with van der Waals surface area (Å²) in [7, 11) is -4.21. The molecule has 34 heavy (non-hydrogen) atoms. The van der Waals surface area contributed by atoms with Crippen molar-refractivity contribution in [2.75, 3.05) is 22.8 Å². The molecule has 8 nitrogen and oxygen atoms in total. The van der Waals surface area contributed by atoms with E-state index in [1.54, 1.807) is 13.8 Å². The highest BCUT2D eigenvalue weighted by Crippen LogP contribution is 2.36. The zero-order chi connectivity index (χ0) is 24.7. The van der Waals surface area contributed by atoms with Crippen molar-refractivity contribution in [3.63, 3.8) is 0 Å². The number of amides is 1. The zero-order valence-electron chi connectivity index (χ0n) is 18.0. The summed E-state index contributed by atoms with van der Waals surface area (Å²) in [5, 5.41) is 2.64. The van der Waals surface area contributed by atoms with Crippen LogP contribution in [-0.2, 0) is 16.2 Å². The van der Waals surface area contributed by atoms with E-state index in [1.807, 2.05) is 0 Å². The number of fused-ring (bicyclic) bond motifs is 1. The van der Waals surface area contributed by atoms with E-state index in [0.29, 0.717) is 11.4 Å². The third-order valence-corrected chi connectivity index (χ3v) is 7.11. The summed E-state index contributed by atoms with van der Waals surface area (Å²) in [4.78, 5) is 20.6. The fraction of sp³-hybridized carbons (Fsp3) is 0.227. The van der Waals surface area contributed by atoms with Crippen molar-refractivity contribution >= 4 is 27.3 Å². The standard InChI is InChI=1S/C22H19F3N4O4S/c1-13-20(14(2)27-12-26-13)21(30)28-16-5-8-18-19(11-16)34(31,32)29(9-10-33-18)17-6-3-15(4-7-17)22(23,24)25/h3-8,11-12H,9-10H2,1-2H3,(H,28,30). The van der Waals surface area contributed by atoms with Gasteiger partial charge in [-0.2, -0.15) is 13.2 Å². The van der Waals surface area contributed by atoms with Crippen LogP contribution in [0.1, 0.15) is 27.3 Å². The van der Waals surface area contributed by atoms with Crippen LogP contribution in [0.3, 0.4) is 0 Å². The molecule has 0 aliphatic carbocycles. The first-order chi connectivity index (χ1) is 16.0. The number of alkyl halides is 3. The number of hydrogen-bond donors (Lipinski definition) is 1. The first-order valence-corrected chi connectivity index (χ1v) is 11.5. The minimum Gasteiger partial charge on any atom is -0.490 e. The number of benzene rings is 2. The first kappa shape index (κ1) is 23.5. The van der Waals surface area contributed by atoms with E-state index in [1.165, 1.54) is 24.5 Å². The van der Waals surface area contributed by atoms with Crippen molar-refractivity contribution in [3.8, 4) is 5.75 Å². The van der Waals surface area contributed by atoms with Crippen LogP contribution >= 0.6 is 0 Å². The molecule has 1 aliphatic heterocycles. The number of aryl methyl sites for hydroxylation is 2. The Morgan fingerprint density at radius 1 is 1.06 bits per heavy atom. The van der Waals surface area contributed by atoms with Gasteiger partial charge in [0, 0.05) is 5.69 Å². The molecule has 1 aliphatic rings. The van der Waals surface area contributed by atoms with Gasteiger partial charge in [-0.05, 0) is 56.3 Å². The average Bonchev–Trinajstić information content (AvgIpc) is 2.89. The van der Waals surface area contributed by atoms with Crippen LogP contribution in [0.2, 0.25) is 0 Å². The molecule has 4 rings (SSSR count). The molecule has 178 valence electrons. The van der Waals surface area contributed by atoms with Gasteiger partial charge >= 0.3 is 6.18 Å². The maximum atomic E-state index is 13.4. The lowest BCUT2D eigenvalue weighted by atomic mass is 10.1. The fourth-order valence-electron chi connectivity index (χ4n) is 3.58. The molecule has 3 aromatic rings. The molecule has 0 radical (unpaired) electrons. The Morgan fingerprint density at radius 2 is 1.71 bits per heavy atom. The normalized spacial score (nSPS) is 15.1. The van der Waals surface area contributed by atoms with E-state index in [-0.39, 0.29) is 40.7 Å². The van der Waals surface area contributed by atoms with Crippen molar-refractivity contribution in [3.05, 3.63) is 71.3 Å². The number of ether oxygens (including phenoxy) is 1. The average molecular weight is 492 g/mol. The van der Waals surface area contributed by atoms with E-state index >= 15 is 0 Å². The van der Waals surface area contributed by atoms with Gasteiger partial charge in [-0.25, -0.2) is 18.4 Å². The van der Waals surface area contributed by atoms with Crippen LogP contribution in [0, 0.1) is 13.8 Å². The van der Waals surface area contributed by atoms with Gasteiger partial charge in [-0.1, -0.05) is 0 Å². The maximum Gasteiger partial charge on any atom is 0.416 e.